The number of rotatable bonds is 8. The molecule has 0 spiro atoms. The summed E-state index contributed by atoms with van der Waals surface area (Å²) < 4.78 is 17.1. The molecule has 1 N–H and O–H groups in total. The molecule has 0 saturated heterocycles. The molecular weight excluding hydrogens is 490 g/mol. The van der Waals surface area contributed by atoms with Crippen molar-refractivity contribution < 1.29 is 23.8 Å². The Hall–Kier alpha value is -4.32. The van der Waals surface area contributed by atoms with Gasteiger partial charge in [-0.2, -0.15) is 0 Å². The predicted octanol–water partition coefficient (Wildman–Crippen LogP) is 6.20. The molecule has 200 valence electrons. The zero-order chi connectivity index (χ0) is 27.4. The van der Waals surface area contributed by atoms with Gasteiger partial charge in [0.25, 0.3) is 0 Å². The smallest absolute Gasteiger partial charge is 0.336 e. The molecule has 2 atom stereocenters. The quantitative estimate of drug-likeness (QED) is 0.355. The molecule has 39 heavy (non-hydrogen) atoms. The Kier molecular flexibility index (Phi) is 7.82. The molecule has 2 aliphatic rings. The van der Waals surface area contributed by atoms with Gasteiger partial charge >= 0.3 is 5.97 Å². The molecule has 1 heterocycles. The molecule has 1 aliphatic heterocycles. The fourth-order valence-electron chi connectivity index (χ4n) is 5.53. The number of carbonyl (C=O) groups is 2. The van der Waals surface area contributed by atoms with Crippen LogP contribution in [0.1, 0.15) is 55.2 Å². The number of ether oxygens (including phenoxy) is 3. The third kappa shape index (κ3) is 5.46. The molecule has 6 heteroatoms. The van der Waals surface area contributed by atoms with Crippen LogP contribution in [0.4, 0.5) is 0 Å². The highest BCUT2D eigenvalue weighted by molar-refractivity contribution is 6.04. The summed E-state index contributed by atoms with van der Waals surface area (Å²) in [5, 5.41) is 3.41. The highest BCUT2D eigenvalue weighted by Crippen LogP contribution is 2.47. The molecule has 0 bridgehead atoms. The van der Waals surface area contributed by atoms with Crippen LogP contribution >= 0.6 is 0 Å². The molecule has 1 aliphatic carbocycles. The number of esters is 1. The number of carbonyl (C=O) groups excluding carboxylic acids is 2. The number of allylic oxidation sites excluding steroid dienone is 3. The van der Waals surface area contributed by atoms with Crippen LogP contribution in [-0.2, 0) is 20.9 Å². The normalized spacial score (nSPS) is 18.8. The molecule has 2 unspecified atom stereocenters. The lowest BCUT2D eigenvalue weighted by molar-refractivity contribution is -0.138. The van der Waals surface area contributed by atoms with Gasteiger partial charge in [0.05, 0.1) is 25.2 Å². The second kappa shape index (κ2) is 11.6. The number of benzene rings is 3. The van der Waals surface area contributed by atoms with E-state index in [1.165, 1.54) is 0 Å². The summed E-state index contributed by atoms with van der Waals surface area (Å²) in [4.78, 5) is 27.2. The fraction of sp³-hybridized carbons (Fsp3) is 0.273. The molecule has 0 radical (unpaired) electrons. The summed E-state index contributed by atoms with van der Waals surface area (Å²) in [5.41, 5.74) is 5.50. The van der Waals surface area contributed by atoms with Crippen LogP contribution in [0, 0.1) is 0 Å². The summed E-state index contributed by atoms with van der Waals surface area (Å²) in [6.45, 7) is 4.28. The largest absolute Gasteiger partial charge is 0.497 e. The first-order valence-electron chi connectivity index (χ1n) is 13.3. The maximum atomic E-state index is 13.9. The zero-order valence-corrected chi connectivity index (χ0v) is 22.5. The van der Waals surface area contributed by atoms with E-state index >= 15 is 0 Å². The minimum absolute atomic E-state index is 0.0155. The monoisotopic (exact) mass is 523 g/mol. The number of dihydropyridines is 1. The number of ketones is 1. The van der Waals surface area contributed by atoms with Gasteiger partial charge in [-0.15, -0.1) is 0 Å². The Balaban J connectivity index is 1.55. The lowest BCUT2D eigenvalue weighted by Gasteiger charge is -2.37. The van der Waals surface area contributed by atoms with Crippen molar-refractivity contribution in [3.8, 4) is 11.5 Å². The first-order chi connectivity index (χ1) is 19.0. The van der Waals surface area contributed by atoms with Gasteiger partial charge in [0.1, 0.15) is 18.1 Å². The highest BCUT2D eigenvalue weighted by atomic mass is 16.5. The van der Waals surface area contributed by atoms with Crippen LogP contribution in [0.2, 0.25) is 0 Å². The first kappa shape index (κ1) is 26.3. The summed E-state index contributed by atoms with van der Waals surface area (Å²) in [5.74, 6) is 0.443. The Bertz CT molecular complexity index is 1420. The Labute approximate surface area is 229 Å². The van der Waals surface area contributed by atoms with Crippen LogP contribution in [0.5, 0.6) is 11.5 Å². The molecule has 0 aromatic heterocycles. The second-order valence-electron chi connectivity index (χ2n) is 9.82. The van der Waals surface area contributed by atoms with Crippen molar-refractivity contribution in [2.45, 2.75) is 45.1 Å². The third-order valence-electron chi connectivity index (χ3n) is 7.38. The van der Waals surface area contributed by atoms with E-state index in [0.29, 0.717) is 42.0 Å². The molecule has 0 amide bonds. The van der Waals surface area contributed by atoms with Crippen molar-refractivity contribution in [1.29, 1.82) is 0 Å². The van der Waals surface area contributed by atoms with Crippen molar-refractivity contribution in [1.82, 2.24) is 5.32 Å². The van der Waals surface area contributed by atoms with Gasteiger partial charge in [-0.3, -0.25) is 4.79 Å². The van der Waals surface area contributed by atoms with Crippen LogP contribution in [0.3, 0.4) is 0 Å². The van der Waals surface area contributed by atoms with Gasteiger partial charge in [-0.05, 0) is 55.5 Å². The standard InChI is InChI=1S/C33H33NO5/c1-4-38-33(36)30-21(2)34-27-18-24(23-14-16-25(37-3)17-15-23)19-28(35)32(27)31(30)26-12-8-9-13-29(26)39-20-22-10-6-5-7-11-22/h5-17,24,31,34H,4,18-20H2,1-3H3. The maximum Gasteiger partial charge on any atom is 0.336 e. The molecule has 3 aromatic carbocycles. The zero-order valence-electron chi connectivity index (χ0n) is 22.5. The Morgan fingerprint density at radius 1 is 0.949 bits per heavy atom. The number of nitrogens with one attached hydrogen (secondary N) is 1. The lowest BCUT2D eigenvalue weighted by Crippen LogP contribution is -2.36. The van der Waals surface area contributed by atoms with Crippen LogP contribution in [-0.4, -0.2) is 25.5 Å². The molecular formula is C33H33NO5. The first-order valence-corrected chi connectivity index (χ1v) is 13.3. The Morgan fingerprint density at radius 2 is 1.67 bits per heavy atom. The van der Waals surface area contributed by atoms with Gasteiger partial charge in [0.15, 0.2) is 5.78 Å². The summed E-state index contributed by atoms with van der Waals surface area (Å²) in [6, 6.07) is 25.5. The van der Waals surface area contributed by atoms with Gasteiger partial charge in [0.2, 0.25) is 0 Å². The fourth-order valence-corrected chi connectivity index (χ4v) is 5.53. The minimum Gasteiger partial charge on any atom is -0.497 e. The van der Waals surface area contributed by atoms with E-state index in [0.717, 1.165) is 28.1 Å². The van der Waals surface area contributed by atoms with Crippen LogP contribution in [0.15, 0.2) is 101 Å². The topological polar surface area (TPSA) is 73.9 Å². The second-order valence-corrected chi connectivity index (χ2v) is 9.82. The van der Waals surface area contributed by atoms with Gasteiger partial charge < -0.3 is 19.5 Å². The summed E-state index contributed by atoms with van der Waals surface area (Å²) in [7, 11) is 1.64. The summed E-state index contributed by atoms with van der Waals surface area (Å²) in [6.07, 6.45) is 1.01. The number of hydrogen-bond acceptors (Lipinski definition) is 6. The van der Waals surface area contributed by atoms with Crippen molar-refractivity contribution in [2.75, 3.05) is 13.7 Å². The van der Waals surface area contributed by atoms with Crippen molar-refractivity contribution in [2.24, 2.45) is 0 Å². The highest BCUT2D eigenvalue weighted by Gasteiger charge is 2.42. The molecule has 5 rings (SSSR count). The van der Waals surface area contributed by atoms with E-state index in [-0.39, 0.29) is 18.3 Å². The van der Waals surface area contributed by atoms with Crippen molar-refractivity contribution >= 4 is 11.8 Å². The molecule has 6 nitrogen and oxygen atoms in total. The van der Waals surface area contributed by atoms with Crippen LogP contribution < -0.4 is 14.8 Å². The van der Waals surface area contributed by atoms with Gasteiger partial charge in [-0.1, -0.05) is 60.7 Å². The van der Waals surface area contributed by atoms with E-state index in [2.05, 4.69) is 5.32 Å². The molecule has 3 aromatic rings. The Morgan fingerprint density at radius 3 is 2.38 bits per heavy atom. The van der Waals surface area contributed by atoms with E-state index in [1.54, 1.807) is 14.0 Å². The number of hydrogen-bond donors (Lipinski definition) is 1. The van der Waals surface area contributed by atoms with Crippen molar-refractivity contribution in [3.63, 3.8) is 0 Å². The molecule has 0 saturated carbocycles. The SMILES string of the molecule is CCOC(=O)C1=C(C)NC2=C(C(=O)CC(c3ccc(OC)cc3)C2)C1c1ccccc1OCc1ccccc1. The third-order valence-corrected chi connectivity index (χ3v) is 7.38. The summed E-state index contributed by atoms with van der Waals surface area (Å²) >= 11 is 0. The minimum atomic E-state index is -0.586. The van der Waals surface area contributed by atoms with E-state index in [9.17, 15) is 9.59 Å². The molecule has 0 fully saturated rings. The number of Topliss-reactive ketones (excluding diaryl/α,β-unsaturated/α-hetero) is 1. The number of para-hydroxylation sites is 1. The van der Waals surface area contributed by atoms with Crippen molar-refractivity contribution in [3.05, 3.63) is 118 Å². The number of methoxy groups -OCH3 is 1. The lowest BCUT2D eigenvalue weighted by atomic mass is 9.71. The predicted molar refractivity (Wildman–Crippen MR) is 149 cm³/mol. The van der Waals surface area contributed by atoms with E-state index < -0.39 is 11.9 Å². The van der Waals surface area contributed by atoms with E-state index in [4.69, 9.17) is 14.2 Å². The van der Waals surface area contributed by atoms with Gasteiger partial charge in [-0.25, -0.2) is 4.79 Å². The average molecular weight is 524 g/mol. The van der Waals surface area contributed by atoms with Gasteiger partial charge in [0, 0.05) is 29.0 Å². The maximum absolute atomic E-state index is 13.9. The van der Waals surface area contributed by atoms with Crippen LogP contribution in [0.25, 0.3) is 0 Å². The van der Waals surface area contributed by atoms with E-state index in [1.807, 2.05) is 85.8 Å². The average Bonchev–Trinajstić information content (AvgIpc) is 2.96.